The van der Waals surface area contributed by atoms with Gasteiger partial charge in [-0.3, -0.25) is 4.79 Å². The summed E-state index contributed by atoms with van der Waals surface area (Å²) >= 11 is 6.02. The summed E-state index contributed by atoms with van der Waals surface area (Å²) in [5.74, 6) is -0.154. The van der Waals surface area contributed by atoms with Gasteiger partial charge in [-0.05, 0) is 25.0 Å². The van der Waals surface area contributed by atoms with E-state index in [2.05, 4.69) is 0 Å². The standard InChI is InChI=1S/C12H15ClN2O2/c13-11-9(4-1-5-10(11)14)12(17)15-6-2-3-8(15)7-16/h1,4-5,8,16H,2-3,6-7,14H2/t8-/m1/s1. The summed E-state index contributed by atoms with van der Waals surface area (Å²) in [5.41, 5.74) is 6.48. The number of aliphatic hydroxyl groups excluding tert-OH is 1. The molecule has 4 nitrogen and oxygen atoms in total. The number of carbonyl (C=O) groups excluding carboxylic acids is 1. The van der Waals surface area contributed by atoms with Crippen molar-refractivity contribution < 1.29 is 9.90 Å². The second-order valence-electron chi connectivity index (χ2n) is 4.19. The van der Waals surface area contributed by atoms with Crippen molar-refractivity contribution in [2.45, 2.75) is 18.9 Å². The number of nitrogens with two attached hydrogens (primary N) is 1. The van der Waals surface area contributed by atoms with Gasteiger partial charge in [0.15, 0.2) is 0 Å². The highest BCUT2D eigenvalue weighted by atomic mass is 35.5. The third kappa shape index (κ3) is 2.23. The van der Waals surface area contributed by atoms with Crippen molar-refractivity contribution >= 4 is 23.2 Å². The van der Waals surface area contributed by atoms with Crippen molar-refractivity contribution in [2.75, 3.05) is 18.9 Å². The van der Waals surface area contributed by atoms with Crippen molar-refractivity contribution in [2.24, 2.45) is 0 Å². The highest BCUT2D eigenvalue weighted by molar-refractivity contribution is 6.36. The van der Waals surface area contributed by atoms with Gasteiger partial charge in [-0.1, -0.05) is 17.7 Å². The molecule has 1 aliphatic heterocycles. The minimum Gasteiger partial charge on any atom is -0.398 e. The normalized spacial score (nSPS) is 19.6. The lowest BCUT2D eigenvalue weighted by atomic mass is 10.1. The van der Waals surface area contributed by atoms with Crippen LogP contribution in [0.2, 0.25) is 5.02 Å². The zero-order valence-corrected chi connectivity index (χ0v) is 10.2. The van der Waals surface area contributed by atoms with Crippen molar-refractivity contribution in [3.63, 3.8) is 0 Å². The molecule has 0 unspecified atom stereocenters. The SMILES string of the molecule is Nc1cccc(C(=O)N2CCC[C@@H]2CO)c1Cl. The van der Waals surface area contributed by atoms with Gasteiger partial charge in [0, 0.05) is 6.54 Å². The van der Waals surface area contributed by atoms with Crippen LogP contribution in [-0.2, 0) is 0 Å². The fourth-order valence-corrected chi connectivity index (χ4v) is 2.37. The highest BCUT2D eigenvalue weighted by Gasteiger charge is 2.29. The van der Waals surface area contributed by atoms with Gasteiger partial charge in [-0.15, -0.1) is 0 Å². The minimum absolute atomic E-state index is 0.00826. The summed E-state index contributed by atoms with van der Waals surface area (Å²) in [6.45, 7) is 0.654. The second-order valence-corrected chi connectivity index (χ2v) is 4.56. The molecule has 0 saturated carbocycles. The molecule has 17 heavy (non-hydrogen) atoms. The van der Waals surface area contributed by atoms with Gasteiger partial charge in [-0.25, -0.2) is 0 Å². The number of amides is 1. The molecule has 1 aromatic rings. The average Bonchev–Trinajstić information content (AvgIpc) is 2.80. The summed E-state index contributed by atoms with van der Waals surface area (Å²) in [5, 5.41) is 9.50. The van der Waals surface area contributed by atoms with E-state index in [1.54, 1.807) is 23.1 Å². The predicted octanol–water partition coefficient (Wildman–Crippen LogP) is 1.52. The summed E-state index contributed by atoms with van der Waals surface area (Å²) in [4.78, 5) is 13.9. The van der Waals surface area contributed by atoms with Crippen molar-refractivity contribution in [3.05, 3.63) is 28.8 Å². The molecule has 1 aromatic carbocycles. The number of benzene rings is 1. The third-order valence-electron chi connectivity index (χ3n) is 3.11. The van der Waals surface area contributed by atoms with Crippen LogP contribution in [0.25, 0.3) is 0 Å². The van der Waals surface area contributed by atoms with E-state index in [4.69, 9.17) is 17.3 Å². The molecule has 0 aliphatic carbocycles. The van der Waals surface area contributed by atoms with Crippen LogP contribution in [0.3, 0.4) is 0 Å². The number of nitrogens with zero attached hydrogens (tertiary/aromatic N) is 1. The summed E-state index contributed by atoms with van der Waals surface area (Å²) in [7, 11) is 0. The zero-order chi connectivity index (χ0) is 12.4. The number of rotatable bonds is 2. The second kappa shape index (κ2) is 4.94. The molecule has 0 bridgehead atoms. The first kappa shape index (κ1) is 12.2. The Labute approximate surface area is 105 Å². The zero-order valence-electron chi connectivity index (χ0n) is 9.40. The molecule has 92 valence electrons. The Morgan fingerprint density at radius 1 is 1.59 bits per heavy atom. The maximum absolute atomic E-state index is 12.3. The van der Waals surface area contributed by atoms with Gasteiger partial charge in [-0.2, -0.15) is 0 Å². The molecule has 0 aromatic heterocycles. The van der Waals surface area contributed by atoms with Gasteiger partial charge in [0.2, 0.25) is 0 Å². The van der Waals surface area contributed by atoms with Crippen molar-refractivity contribution in [1.82, 2.24) is 4.90 Å². The van der Waals surface area contributed by atoms with Crippen LogP contribution in [0.1, 0.15) is 23.2 Å². The van der Waals surface area contributed by atoms with Crippen LogP contribution in [0.15, 0.2) is 18.2 Å². The molecular formula is C12H15ClN2O2. The molecule has 1 amide bonds. The van der Waals surface area contributed by atoms with Crippen LogP contribution >= 0.6 is 11.6 Å². The van der Waals surface area contributed by atoms with Crippen molar-refractivity contribution in [3.8, 4) is 0 Å². The Morgan fingerprint density at radius 2 is 2.35 bits per heavy atom. The fraction of sp³-hybridized carbons (Fsp3) is 0.417. The first-order chi connectivity index (χ1) is 8.15. The number of aliphatic hydroxyl groups is 1. The number of carbonyl (C=O) groups is 1. The van der Waals surface area contributed by atoms with E-state index in [0.717, 1.165) is 12.8 Å². The van der Waals surface area contributed by atoms with Gasteiger partial charge in [0.25, 0.3) is 5.91 Å². The molecule has 1 aliphatic rings. The summed E-state index contributed by atoms with van der Waals surface area (Å²) in [6, 6.07) is 4.93. The Hall–Kier alpha value is -1.26. The van der Waals surface area contributed by atoms with Crippen molar-refractivity contribution in [1.29, 1.82) is 0 Å². The quantitative estimate of drug-likeness (QED) is 0.787. The predicted molar refractivity (Wildman–Crippen MR) is 67.0 cm³/mol. The molecule has 1 heterocycles. The number of hydrogen-bond acceptors (Lipinski definition) is 3. The average molecular weight is 255 g/mol. The minimum atomic E-state index is -0.154. The molecule has 5 heteroatoms. The third-order valence-corrected chi connectivity index (χ3v) is 3.53. The Kier molecular flexibility index (Phi) is 3.54. The lowest BCUT2D eigenvalue weighted by Crippen LogP contribution is -2.37. The van der Waals surface area contributed by atoms with Crippen LogP contribution in [-0.4, -0.2) is 35.1 Å². The lowest BCUT2D eigenvalue weighted by Gasteiger charge is -2.23. The van der Waals surface area contributed by atoms with E-state index >= 15 is 0 Å². The van der Waals surface area contributed by atoms with E-state index in [9.17, 15) is 9.90 Å². The summed E-state index contributed by atoms with van der Waals surface area (Å²) in [6.07, 6.45) is 1.75. The topological polar surface area (TPSA) is 66.6 Å². The first-order valence-corrected chi connectivity index (χ1v) is 5.98. The van der Waals surface area contributed by atoms with Gasteiger partial charge < -0.3 is 15.7 Å². The number of halogens is 1. The molecule has 3 N–H and O–H groups in total. The van der Waals surface area contributed by atoms with Crippen LogP contribution in [0, 0.1) is 0 Å². The van der Waals surface area contributed by atoms with Gasteiger partial charge in [0.05, 0.1) is 28.9 Å². The molecule has 1 saturated heterocycles. The monoisotopic (exact) mass is 254 g/mol. The van der Waals surface area contributed by atoms with E-state index in [1.807, 2.05) is 0 Å². The Balaban J connectivity index is 2.28. The van der Waals surface area contributed by atoms with E-state index in [0.29, 0.717) is 22.8 Å². The number of nitrogen functional groups attached to an aromatic ring is 1. The van der Waals surface area contributed by atoms with E-state index in [-0.39, 0.29) is 18.6 Å². The Morgan fingerprint density at radius 3 is 3.06 bits per heavy atom. The number of anilines is 1. The first-order valence-electron chi connectivity index (χ1n) is 5.61. The number of hydrogen-bond donors (Lipinski definition) is 2. The van der Waals surface area contributed by atoms with Crippen LogP contribution in [0.4, 0.5) is 5.69 Å². The molecular weight excluding hydrogens is 240 g/mol. The molecule has 1 atom stereocenters. The Bertz CT molecular complexity index is 437. The summed E-state index contributed by atoms with van der Waals surface area (Å²) < 4.78 is 0. The van der Waals surface area contributed by atoms with Gasteiger partial charge >= 0.3 is 0 Å². The fourth-order valence-electron chi connectivity index (χ4n) is 2.16. The van der Waals surface area contributed by atoms with Crippen LogP contribution in [0.5, 0.6) is 0 Å². The highest BCUT2D eigenvalue weighted by Crippen LogP contribution is 2.27. The maximum atomic E-state index is 12.3. The maximum Gasteiger partial charge on any atom is 0.255 e. The van der Waals surface area contributed by atoms with E-state index < -0.39 is 0 Å². The van der Waals surface area contributed by atoms with E-state index in [1.165, 1.54) is 0 Å². The smallest absolute Gasteiger partial charge is 0.255 e. The van der Waals surface area contributed by atoms with Crippen LogP contribution < -0.4 is 5.73 Å². The number of likely N-dealkylation sites (tertiary alicyclic amines) is 1. The molecule has 0 radical (unpaired) electrons. The van der Waals surface area contributed by atoms with Gasteiger partial charge in [0.1, 0.15) is 0 Å². The largest absolute Gasteiger partial charge is 0.398 e. The molecule has 0 spiro atoms. The molecule has 2 rings (SSSR count). The lowest BCUT2D eigenvalue weighted by molar-refractivity contribution is 0.0678. The molecule has 1 fully saturated rings.